The number of thiophene rings is 1. The second kappa shape index (κ2) is 8.85. The maximum Gasteiger partial charge on any atom is 0.333 e. The van der Waals surface area contributed by atoms with E-state index >= 15 is 0 Å². The number of nitrogens with one attached hydrogen (secondary N) is 2. The van der Waals surface area contributed by atoms with Crippen molar-refractivity contribution < 1.29 is 17.9 Å². The van der Waals surface area contributed by atoms with Gasteiger partial charge in [0.15, 0.2) is 0 Å². The lowest BCUT2D eigenvalue weighted by Crippen LogP contribution is -2.33. The molecule has 0 fully saturated rings. The highest BCUT2D eigenvalue weighted by molar-refractivity contribution is 7.92. The lowest BCUT2D eigenvalue weighted by atomic mass is 10.2. The summed E-state index contributed by atoms with van der Waals surface area (Å²) in [6, 6.07) is 13.2. The van der Waals surface area contributed by atoms with E-state index in [1.165, 1.54) is 16.7 Å². The van der Waals surface area contributed by atoms with Gasteiger partial charge in [-0.05, 0) is 55.5 Å². The third-order valence-electron chi connectivity index (χ3n) is 4.67. The minimum absolute atomic E-state index is 0.0747. The molecule has 170 valence electrons. The molecule has 2 aromatic heterocycles. The van der Waals surface area contributed by atoms with Crippen molar-refractivity contribution in [3.05, 3.63) is 75.1 Å². The molecule has 0 atom stereocenters. The fraction of sp³-hybridized carbons (Fsp3) is 0.0952. The van der Waals surface area contributed by atoms with Gasteiger partial charge in [0, 0.05) is 11.8 Å². The van der Waals surface area contributed by atoms with Gasteiger partial charge in [-0.3, -0.25) is 9.36 Å². The summed E-state index contributed by atoms with van der Waals surface area (Å²) in [6.07, 6.45) is 0. The van der Waals surface area contributed by atoms with Crippen LogP contribution in [0.5, 0.6) is 5.75 Å². The number of fused-ring (bicyclic) bond motifs is 1. The Morgan fingerprint density at radius 1 is 1.12 bits per heavy atom. The molecule has 4 aromatic rings. The van der Waals surface area contributed by atoms with Crippen molar-refractivity contribution >= 4 is 55.6 Å². The molecule has 0 saturated heterocycles. The number of methoxy groups -OCH3 is 1. The number of amides is 2. The summed E-state index contributed by atoms with van der Waals surface area (Å²) >= 11 is 6.60. The molecule has 2 N–H and O–H groups in total. The molecule has 0 spiro atoms. The van der Waals surface area contributed by atoms with Crippen LogP contribution in [-0.2, 0) is 10.0 Å². The summed E-state index contributed by atoms with van der Waals surface area (Å²) in [6.45, 7) is 1.71. The number of hydrogen-bond acceptors (Lipinski definition) is 7. The van der Waals surface area contributed by atoms with Gasteiger partial charge in [-0.2, -0.15) is 0 Å². The van der Waals surface area contributed by atoms with Gasteiger partial charge in [0.05, 0.1) is 28.0 Å². The lowest BCUT2D eigenvalue weighted by molar-refractivity contribution is 0.256. The molecule has 2 aromatic carbocycles. The molecule has 0 unspecified atom stereocenters. The first-order valence-corrected chi connectivity index (χ1v) is 12.1. The van der Waals surface area contributed by atoms with Crippen LogP contribution in [0.1, 0.15) is 5.82 Å². The highest BCUT2D eigenvalue weighted by Gasteiger charge is 2.20. The van der Waals surface area contributed by atoms with Gasteiger partial charge >= 0.3 is 6.03 Å². The standard InChI is InChI=1S/C21H17ClN4O5S2/c1-12-23-17-11-15(31-2)7-8-16(17)20(27)26(12)14-5-3-13(4-6-14)24-21(28)25-33(29,30)19-10-9-18(22)32-19/h3-11H,1-2H3,(H2,24,25,28). The van der Waals surface area contributed by atoms with E-state index in [1.54, 1.807) is 56.5 Å². The number of hydrogen-bond donors (Lipinski definition) is 2. The van der Waals surface area contributed by atoms with Crippen molar-refractivity contribution in [2.75, 3.05) is 12.4 Å². The molecule has 0 saturated carbocycles. The number of anilines is 1. The summed E-state index contributed by atoms with van der Waals surface area (Å²) in [7, 11) is -2.50. The number of carbonyl (C=O) groups excluding carboxylic acids is 1. The lowest BCUT2D eigenvalue weighted by Gasteiger charge is -2.12. The van der Waals surface area contributed by atoms with Gasteiger partial charge in [0.2, 0.25) is 0 Å². The largest absolute Gasteiger partial charge is 0.497 e. The number of carbonyl (C=O) groups is 1. The maximum atomic E-state index is 13.0. The number of sulfonamides is 1. The number of nitrogens with zero attached hydrogens (tertiary/aromatic N) is 2. The van der Waals surface area contributed by atoms with Crippen molar-refractivity contribution in [1.29, 1.82) is 0 Å². The Morgan fingerprint density at radius 3 is 2.48 bits per heavy atom. The summed E-state index contributed by atoms with van der Waals surface area (Å²) in [5.41, 5.74) is 1.14. The molecule has 0 aliphatic rings. The Hall–Kier alpha value is -3.41. The van der Waals surface area contributed by atoms with Gasteiger partial charge < -0.3 is 10.1 Å². The Morgan fingerprint density at radius 2 is 1.85 bits per heavy atom. The summed E-state index contributed by atoms with van der Waals surface area (Å²) in [5, 5.41) is 2.88. The zero-order valence-corrected chi connectivity index (χ0v) is 19.7. The van der Waals surface area contributed by atoms with E-state index < -0.39 is 16.1 Å². The third-order valence-corrected chi connectivity index (χ3v) is 7.72. The van der Waals surface area contributed by atoms with Crippen molar-refractivity contribution in [1.82, 2.24) is 14.3 Å². The number of urea groups is 1. The summed E-state index contributed by atoms with van der Waals surface area (Å²) in [4.78, 5) is 29.7. The number of aromatic nitrogens is 2. The van der Waals surface area contributed by atoms with Crippen LogP contribution in [0.4, 0.5) is 10.5 Å². The number of rotatable bonds is 5. The average molecular weight is 505 g/mol. The Balaban J connectivity index is 1.55. The van der Waals surface area contributed by atoms with Crippen molar-refractivity contribution in [2.24, 2.45) is 0 Å². The fourth-order valence-electron chi connectivity index (χ4n) is 3.17. The van der Waals surface area contributed by atoms with Crippen LogP contribution in [0.15, 0.2) is 63.6 Å². The molecular weight excluding hydrogens is 488 g/mol. The van der Waals surface area contributed by atoms with Crippen LogP contribution >= 0.6 is 22.9 Å². The van der Waals surface area contributed by atoms with E-state index in [9.17, 15) is 18.0 Å². The molecule has 2 heterocycles. The second-order valence-corrected chi connectivity index (χ2v) is 10.5. The number of aryl methyl sites for hydroxylation is 1. The molecule has 0 aliphatic carbocycles. The Kier molecular flexibility index (Phi) is 6.11. The second-order valence-electron chi connectivity index (χ2n) is 6.85. The molecule has 33 heavy (non-hydrogen) atoms. The third kappa shape index (κ3) is 4.70. The van der Waals surface area contributed by atoms with E-state index in [-0.39, 0.29) is 9.77 Å². The van der Waals surface area contributed by atoms with E-state index in [0.717, 1.165) is 11.3 Å². The average Bonchev–Trinajstić information content (AvgIpc) is 3.21. The van der Waals surface area contributed by atoms with E-state index in [4.69, 9.17) is 16.3 Å². The van der Waals surface area contributed by atoms with E-state index in [2.05, 4.69) is 10.3 Å². The van der Waals surface area contributed by atoms with E-state index in [0.29, 0.717) is 38.2 Å². The first kappa shape index (κ1) is 22.8. The number of benzene rings is 2. The summed E-state index contributed by atoms with van der Waals surface area (Å²) in [5.74, 6) is 1.07. The van der Waals surface area contributed by atoms with Gasteiger partial charge in [0.1, 0.15) is 15.8 Å². The van der Waals surface area contributed by atoms with Crippen molar-refractivity contribution in [3.63, 3.8) is 0 Å². The predicted molar refractivity (Wildman–Crippen MR) is 127 cm³/mol. The first-order chi connectivity index (χ1) is 15.7. The predicted octanol–water partition coefficient (Wildman–Crippen LogP) is 3.93. The normalized spacial score (nSPS) is 11.4. The molecule has 12 heteroatoms. The molecule has 9 nitrogen and oxygen atoms in total. The monoisotopic (exact) mass is 504 g/mol. The van der Waals surface area contributed by atoms with Gasteiger partial charge in [0.25, 0.3) is 15.6 Å². The zero-order valence-electron chi connectivity index (χ0n) is 17.3. The van der Waals surface area contributed by atoms with Crippen LogP contribution < -0.4 is 20.3 Å². The smallest absolute Gasteiger partial charge is 0.333 e. The van der Waals surface area contributed by atoms with Crippen molar-refractivity contribution in [2.45, 2.75) is 11.1 Å². The number of halogens is 1. The van der Waals surface area contributed by atoms with Gasteiger partial charge in [-0.15, -0.1) is 11.3 Å². The summed E-state index contributed by atoms with van der Waals surface area (Å²) < 4.78 is 33.2. The fourth-order valence-corrected chi connectivity index (χ4v) is 5.56. The minimum atomic E-state index is -4.04. The zero-order chi connectivity index (χ0) is 23.8. The molecular formula is C21H17ClN4O5S2. The van der Waals surface area contributed by atoms with E-state index in [1.807, 2.05) is 4.72 Å². The SMILES string of the molecule is COc1ccc2c(=O)n(-c3ccc(NC(=O)NS(=O)(=O)c4ccc(Cl)s4)cc3)c(C)nc2c1. The minimum Gasteiger partial charge on any atom is -0.497 e. The van der Waals surface area contributed by atoms with Crippen LogP contribution in [0.3, 0.4) is 0 Å². The topological polar surface area (TPSA) is 119 Å². The molecule has 4 rings (SSSR count). The first-order valence-electron chi connectivity index (χ1n) is 9.45. The van der Waals surface area contributed by atoms with Crippen molar-refractivity contribution in [3.8, 4) is 11.4 Å². The van der Waals surface area contributed by atoms with Crippen LogP contribution in [0.2, 0.25) is 4.34 Å². The molecule has 0 bridgehead atoms. The van der Waals surface area contributed by atoms with Gasteiger partial charge in [-0.25, -0.2) is 22.9 Å². The molecule has 0 radical (unpaired) electrons. The van der Waals surface area contributed by atoms with Crippen LogP contribution in [0.25, 0.3) is 16.6 Å². The van der Waals surface area contributed by atoms with Crippen LogP contribution in [0, 0.1) is 6.92 Å². The highest BCUT2D eigenvalue weighted by atomic mass is 35.5. The maximum absolute atomic E-state index is 13.0. The van der Waals surface area contributed by atoms with Crippen LogP contribution in [-0.4, -0.2) is 31.1 Å². The number of ether oxygens (including phenoxy) is 1. The highest BCUT2D eigenvalue weighted by Crippen LogP contribution is 2.25. The quantitative estimate of drug-likeness (QED) is 0.425. The molecule has 2 amide bonds. The Bertz CT molecular complexity index is 1530. The molecule has 0 aliphatic heterocycles. The van der Waals surface area contributed by atoms with Gasteiger partial charge in [-0.1, -0.05) is 11.6 Å². The Labute approximate surface area is 197 Å².